The maximum absolute atomic E-state index is 12.4. The minimum absolute atomic E-state index is 0.0795. The highest BCUT2D eigenvalue weighted by molar-refractivity contribution is 7.89. The fourth-order valence-electron chi connectivity index (χ4n) is 2.44. The normalized spacial score (nSPS) is 19.7. The fourth-order valence-corrected chi connectivity index (χ4v) is 3.93. The second-order valence-electron chi connectivity index (χ2n) is 5.34. The van der Waals surface area contributed by atoms with Crippen molar-refractivity contribution < 1.29 is 8.42 Å². The summed E-state index contributed by atoms with van der Waals surface area (Å²) in [5, 5.41) is 0. The van der Waals surface area contributed by atoms with Crippen molar-refractivity contribution in [2.75, 3.05) is 5.43 Å². The summed E-state index contributed by atoms with van der Waals surface area (Å²) in [7, 11) is -3.57. The maximum atomic E-state index is 12.4. The number of hydrogen-bond acceptors (Lipinski definition) is 5. The van der Waals surface area contributed by atoms with Crippen LogP contribution >= 0.6 is 0 Å². The molecule has 2 aliphatic carbocycles. The predicted molar refractivity (Wildman–Crippen MR) is 71.6 cm³/mol. The van der Waals surface area contributed by atoms with Crippen molar-refractivity contribution >= 4 is 15.7 Å². The van der Waals surface area contributed by atoms with Crippen LogP contribution in [0.2, 0.25) is 0 Å². The van der Waals surface area contributed by atoms with Gasteiger partial charge < -0.3 is 5.43 Å². The minimum Gasteiger partial charge on any atom is -0.323 e. The highest BCUT2D eigenvalue weighted by atomic mass is 32.2. The van der Waals surface area contributed by atoms with Crippen molar-refractivity contribution in [3.8, 4) is 0 Å². The van der Waals surface area contributed by atoms with E-state index in [0.717, 1.165) is 25.7 Å². The van der Waals surface area contributed by atoms with E-state index in [1.165, 1.54) is 12.4 Å². The number of anilines is 1. The summed E-state index contributed by atoms with van der Waals surface area (Å²) in [4.78, 5) is 3.99. The van der Waals surface area contributed by atoms with Crippen LogP contribution in [0.25, 0.3) is 0 Å². The van der Waals surface area contributed by atoms with E-state index in [-0.39, 0.29) is 10.9 Å². The lowest BCUT2D eigenvalue weighted by atomic mass is 10.1. The quantitative estimate of drug-likeness (QED) is 0.530. The third-order valence-electron chi connectivity index (χ3n) is 3.78. The monoisotopic (exact) mass is 282 g/mol. The number of nitrogen functional groups attached to an aromatic ring is 1. The Morgan fingerprint density at radius 1 is 1.26 bits per heavy atom. The highest BCUT2D eigenvalue weighted by Crippen LogP contribution is 2.45. The molecule has 104 valence electrons. The molecule has 0 radical (unpaired) electrons. The van der Waals surface area contributed by atoms with Crippen LogP contribution in [0.1, 0.15) is 25.7 Å². The van der Waals surface area contributed by atoms with Crippen molar-refractivity contribution in [3.63, 3.8) is 0 Å². The minimum atomic E-state index is -3.57. The zero-order valence-corrected chi connectivity index (χ0v) is 11.4. The average Bonchev–Trinajstić information content (AvgIpc) is 3.29. The standard InChI is InChI=1S/C12H18N4O2S/c13-15-10-5-6-14-7-11(10)19(17,18)16-12(8-1-2-8)9-3-4-9/h5-9,12,16H,1-4,13H2,(H,14,15). The van der Waals surface area contributed by atoms with Gasteiger partial charge in [0.25, 0.3) is 0 Å². The molecular weight excluding hydrogens is 264 g/mol. The van der Waals surface area contributed by atoms with E-state index in [9.17, 15) is 8.42 Å². The van der Waals surface area contributed by atoms with Gasteiger partial charge in [-0.15, -0.1) is 0 Å². The van der Waals surface area contributed by atoms with Gasteiger partial charge in [0.2, 0.25) is 10.0 Å². The predicted octanol–water partition coefficient (Wildman–Crippen LogP) is 0.834. The second kappa shape index (κ2) is 4.73. The van der Waals surface area contributed by atoms with Gasteiger partial charge in [0, 0.05) is 18.4 Å². The summed E-state index contributed by atoms with van der Waals surface area (Å²) >= 11 is 0. The summed E-state index contributed by atoms with van der Waals surface area (Å²) in [6.07, 6.45) is 7.33. The third kappa shape index (κ3) is 2.72. The highest BCUT2D eigenvalue weighted by Gasteiger charge is 2.43. The smallest absolute Gasteiger partial charge is 0.244 e. The number of nitrogens with one attached hydrogen (secondary N) is 2. The maximum Gasteiger partial charge on any atom is 0.244 e. The van der Waals surface area contributed by atoms with Crippen LogP contribution in [-0.4, -0.2) is 19.4 Å². The van der Waals surface area contributed by atoms with E-state index in [1.54, 1.807) is 6.07 Å². The van der Waals surface area contributed by atoms with Crippen LogP contribution in [0, 0.1) is 11.8 Å². The lowest BCUT2D eigenvalue weighted by Gasteiger charge is -2.18. The number of pyridine rings is 1. The van der Waals surface area contributed by atoms with E-state index in [2.05, 4.69) is 15.1 Å². The molecule has 1 aromatic rings. The Hall–Kier alpha value is -1.18. The van der Waals surface area contributed by atoms with E-state index >= 15 is 0 Å². The number of rotatable bonds is 6. The van der Waals surface area contributed by atoms with Crippen LogP contribution in [0.15, 0.2) is 23.4 Å². The summed E-state index contributed by atoms with van der Waals surface area (Å²) in [5.41, 5.74) is 2.77. The number of hydrogen-bond donors (Lipinski definition) is 3. The van der Waals surface area contributed by atoms with Crippen LogP contribution in [0.4, 0.5) is 5.69 Å². The first-order chi connectivity index (χ1) is 9.12. The molecule has 3 rings (SSSR count). The van der Waals surface area contributed by atoms with Crippen molar-refractivity contribution in [2.45, 2.75) is 36.6 Å². The lowest BCUT2D eigenvalue weighted by Crippen LogP contribution is -2.38. The Labute approximate surface area is 112 Å². The Bertz CT molecular complexity index is 555. The molecule has 0 aromatic carbocycles. The first kappa shape index (κ1) is 12.8. The van der Waals surface area contributed by atoms with Gasteiger partial charge in [0.05, 0.1) is 5.69 Å². The van der Waals surface area contributed by atoms with Crippen LogP contribution in [0.3, 0.4) is 0 Å². The zero-order valence-electron chi connectivity index (χ0n) is 10.5. The summed E-state index contributed by atoms with van der Waals surface area (Å²) in [6, 6.07) is 1.63. The molecule has 2 aliphatic rings. The molecule has 2 saturated carbocycles. The first-order valence-electron chi connectivity index (χ1n) is 6.55. The van der Waals surface area contributed by atoms with Gasteiger partial charge >= 0.3 is 0 Å². The number of nitrogens with zero attached hydrogens (tertiary/aromatic N) is 1. The molecule has 0 atom stereocenters. The Morgan fingerprint density at radius 2 is 1.89 bits per heavy atom. The van der Waals surface area contributed by atoms with Crippen LogP contribution in [-0.2, 0) is 10.0 Å². The van der Waals surface area contributed by atoms with Crippen LogP contribution in [0.5, 0.6) is 0 Å². The summed E-state index contributed by atoms with van der Waals surface area (Å²) < 4.78 is 27.7. The van der Waals surface area contributed by atoms with E-state index in [0.29, 0.717) is 17.5 Å². The number of aromatic nitrogens is 1. The molecule has 7 heteroatoms. The molecule has 0 bridgehead atoms. The number of nitrogens with two attached hydrogens (primary N) is 1. The first-order valence-corrected chi connectivity index (χ1v) is 8.03. The molecule has 2 fully saturated rings. The third-order valence-corrected chi connectivity index (χ3v) is 5.27. The molecule has 0 saturated heterocycles. The molecule has 4 N–H and O–H groups in total. The number of sulfonamides is 1. The van der Waals surface area contributed by atoms with E-state index < -0.39 is 10.0 Å². The van der Waals surface area contributed by atoms with E-state index in [1.807, 2.05) is 0 Å². The van der Waals surface area contributed by atoms with Crippen molar-refractivity contribution in [2.24, 2.45) is 17.7 Å². The molecule has 1 heterocycles. The van der Waals surface area contributed by atoms with Gasteiger partial charge in [0.1, 0.15) is 4.90 Å². The zero-order chi connectivity index (χ0) is 13.5. The number of hydrazine groups is 1. The topological polar surface area (TPSA) is 97.1 Å². The SMILES string of the molecule is NNc1ccncc1S(=O)(=O)NC(C1CC1)C1CC1. The molecule has 0 spiro atoms. The van der Waals surface area contributed by atoms with Gasteiger partial charge in [-0.1, -0.05) is 0 Å². The van der Waals surface area contributed by atoms with Gasteiger partial charge in [-0.05, 0) is 43.6 Å². The van der Waals surface area contributed by atoms with Gasteiger partial charge in [-0.2, -0.15) is 0 Å². The lowest BCUT2D eigenvalue weighted by molar-refractivity contribution is 0.471. The van der Waals surface area contributed by atoms with Gasteiger partial charge in [0.15, 0.2) is 0 Å². The van der Waals surface area contributed by atoms with Gasteiger partial charge in [-0.25, -0.2) is 13.1 Å². The molecule has 0 aliphatic heterocycles. The molecule has 6 nitrogen and oxygen atoms in total. The Balaban J connectivity index is 1.85. The summed E-state index contributed by atoms with van der Waals surface area (Å²) in [6.45, 7) is 0. The molecule has 1 aromatic heterocycles. The van der Waals surface area contributed by atoms with E-state index in [4.69, 9.17) is 5.84 Å². The average molecular weight is 282 g/mol. The molecule has 0 unspecified atom stereocenters. The largest absolute Gasteiger partial charge is 0.323 e. The Morgan fingerprint density at radius 3 is 2.42 bits per heavy atom. The van der Waals surface area contributed by atoms with Crippen molar-refractivity contribution in [1.29, 1.82) is 0 Å². The summed E-state index contributed by atoms with van der Waals surface area (Å²) in [5.74, 6) is 6.37. The fraction of sp³-hybridized carbons (Fsp3) is 0.583. The molecular formula is C12H18N4O2S. The van der Waals surface area contributed by atoms with Gasteiger partial charge in [-0.3, -0.25) is 10.8 Å². The second-order valence-corrected chi connectivity index (χ2v) is 7.02. The van der Waals surface area contributed by atoms with Crippen molar-refractivity contribution in [1.82, 2.24) is 9.71 Å². The Kier molecular flexibility index (Phi) is 3.20. The van der Waals surface area contributed by atoms with Crippen molar-refractivity contribution in [3.05, 3.63) is 18.5 Å². The molecule has 0 amide bonds. The molecule has 19 heavy (non-hydrogen) atoms. The van der Waals surface area contributed by atoms with Crippen LogP contribution < -0.4 is 16.0 Å².